The molecule has 0 atom stereocenters. The maximum atomic E-state index is 11.8. The van der Waals surface area contributed by atoms with E-state index in [1.54, 1.807) is 39.2 Å². The molecule has 0 aliphatic rings. The third-order valence-corrected chi connectivity index (χ3v) is 2.98. The van der Waals surface area contributed by atoms with E-state index in [1.807, 2.05) is 24.3 Å². The van der Waals surface area contributed by atoms with Crippen molar-refractivity contribution < 1.29 is 14.3 Å². The Morgan fingerprint density at radius 2 is 1.95 bits per heavy atom. The molecule has 0 saturated carbocycles. The Bertz CT molecular complexity index is 669. The first-order valence-corrected chi connectivity index (χ1v) is 7.01. The topological polar surface area (TPSA) is 73.6 Å². The SMILES string of the molecule is COc1cccc(Nc2ccc(C(=O)OC(C)C)cc2N)c1. The summed E-state index contributed by atoms with van der Waals surface area (Å²) in [5.41, 5.74) is 8.48. The smallest absolute Gasteiger partial charge is 0.338 e. The highest BCUT2D eigenvalue weighted by Crippen LogP contribution is 2.26. The number of hydrogen-bond donors (Lipinski definition) is 2. The van der Waals surface area contributed by atoms with Crippen LogP contribution in [0.3, 0.4) is 0 Å². The quantitative estimate of drug-likeness (QED) is 0.652. The number of hydrogen-bond acceptors (Lipinski definition) is 5. The lowest BCUT2D eigenvalue weighted by atomic mass is 10.1. The molecule has 0 heterocycles. The molecule has 116 valence electrons. The lowest BCUT2D eigenvalue weighted by Crippen LogP contribution is -2.12. The van der Waals surface area contributed by atoms with Gasteiger partial charge in [0, 0.05) is 11.8 Å². The Labute approximate surface area is 130 Å². The maximum Gasteiger partial charge on any atom is 0.338 e. The molecular formula is C17H20N2O3. The normalized spacial score (nSPS) is 10.4. The average molecular weight is 300 g/mol. The summed E-state index contributed by atoms with van der Waals surface area (Å²) >= 11 is 0. The third-order valence-electron chi connectivity index (χ3n) is 2.98. The molecule has 3 N–H and O–H groups in total. The van der Waals surface area contributed by atoms with E-state index in [1.165, 1.54) is 0 Å². The molecule has 0 amide bonds. The second-order valence-electron chi connectivity index (χ2n) is 5.11. The number of esters is 1. The summed E-state index contributed by atoms with van der Waals surface area (Å²) in [5, 5.41) is 3.20. The molecular weight excluding hydrogens is 280 g/mol. The Morgan fingerprint density at radius 1 is 1.18 bits per heavy atom. The fraction of sp³-hybridized carbons (Fsp3) is 0.235. The summed E-state index contributed by atoms with van der Waals surface area (Å²) < 4.78 is 10.3. The molecule has 0 radical (unpaired) electrons. The highest BCUT2D eigenvalue weighted by Gasteiger charge is 2.11. The summed E-state index contributed by atoms with van der Waals surface area (Å²) in [6, 6.07) is 12.6. The summed E-state index contributed by atoms with van der Waals surface area (Å²) in [6.07, 6.45) is -0.164. The highest BCUT2D eigenvalue weighted by molar-refractivity contribution is 5.92. The van der Waals surface area contributed by atoms with Crippen molar-refractivity contribution in [1.29, 1.82) is 0 Å². The minimum absolute atomic E-state index is 0.164. The first kappa shape index (κ1) is 15.7. The van der Waals surface area contributed by atoms with E-state index in [4.69, 9.17) is 15.2 Å². The average Bonchev–Trinajstić information content (AvgIpc) is 2.48. The number of rotatable bonds is 5. The standard InChI is InChI=1S/C17H20N2O3/c1-11(2)22-17(20)12-7-8-16(15(18)9-12)19-13-5-4-6-14(10-13)21-3/h4-11,19H,18H2,1-3H3. The maximum absolute atomic E-state index is 11.8. The largest absolute Gasteiger partial charge is 0.497 e. The van der Waals surface area contributed by atoms with E-state index in [0.29, 0.717) is 16.9 Å². The number of ether oxygens (including phenoxy) is 2. The summed E-state index contributed by atoms with van der Waals surface area (Å²) in [5.74, 6) is 0.371. The van der Waals surface area contributed by atoms with Gasteiger partial charge in [0.2, 0.25) is 0 Å². The van der Waals surface area contributed by atoms with Crippen LogP contribution in [0, 0.1) is 0 Å². The molecule has 0 aliphatic carbocycles. The van der Waals surface area contributed by atoms with Gasteiger partial charge < -0.3 is 20.5 Å². The number of nitrogens with one attached hydrogen (secondary N) is 1. The molecule has 0 bridgehead atoms. The van der Waals surface area contributed by atoms with Crippen LogP contribution in [0.15, 0.2) is 42.5 Å². The molecule has 0 fully saturated rings. The Hall–Kier alpha value is -2.69. The number of carbonyl (C=O) groups excluding carboxylic acids is 1. The van der Waals surface area contributed by atoms with Crippen LogP contribution >= 0.6 is 0 Å². The first-order valence-electron chi connectivity index (χ1n) is 7.01. The second-order valence-corrected chi connectivity index (χ2v) is 5.11. The van der Waals surface area contributed by atoms with E-state index in [9.17, 15) is 4.79 Å². The van der Waals surface area contributed by atoms with Gasteiger partial charge in [0.05, 0.1) is 30.2 Å². The number of anilines is 3. The van der Waals surface area contributed by atoms with Crippen LogP contribution < -0.4 is 15.8 Å². The van der Waals surface area contributed by atoms with Crippen LogP contribution in [0.4, 0.5) is 17.1 Å². The van der Waals surface area contributed by atoms with Crippen LogP contribution in [0.1, 0.15) is 24.2 Å². The van der Waals surface area contributed by atoms with Gasteiger partial charge in [-0.15, -0.1) is 0 Å². The van der Waals surface area contributed by atoms with Crippen LogP contribution in [0.2, 0.25) is 0 Å². The Balaban J connectivity index is 2.17. The van der Waals surface area contributed by atoms with Crippen LogP contribution in [0.25, 0.3) is 0 Å². The van der Waals surface area contributed by atoms with Gasteiger partial charge in [-0.1, -0.05) is 6.07 Å². The van der Waals surface area contributed by atoms with E-state index in [0.717, 1.165) is 11.4 Å². The molecule has 2 aromatic carbocycles. The van der Waals surface area contributed by atoms with Crippen molar-refractivity contribution in [2.45, 2.75) is 20.0 Å². The van der Waals surface area contributed by atoms with E-state index < -0.39 is 0 Å². The molecule has 22 heavy (non-hydrogen) atoms. The number of carbonyl (C=O) groups is 1. The minimum Gasteiger partial charge on any atom is -0.497 e. The number of benzene rings is 2. The fourth-order valence-corrected chi connectivity index (χ4v) is 1.94. The van der Waals surface area contributed by atoms with Crippen molar-refractivity contribution in [2.75, 3.05) is 18.2 Å². The third kappa shape index (κ3) is 3.91. The highest BCUT2D eigenvalue weighted by atomic mass is 16.5. The summed E-state index contributed by atoms with van der Waals surface area (Å²) in [4.78, 5) is 11.8. The fourth-order valence-electron chi connectivity index (χ4n) is 1.94. The molecule has 0 saturated heterocycles. The number of nitrogen functional groups attached to an aromatic ring is 1. The molecule has 2 aromatic rings. The van der Waals surface area contributed by atoms with Crippen LogP contribution in [0.5, 0.6) is 5.75 Å². The number of methoxy groups -OCH3 is 1. The molecule has 2 rings (SSSR count). The summed E-state index contributed by atoms with van der Waals surface area (Å²) in [6.45, 7) is 3.61. The monoisotopic (exact) mass is 300 g/mol. The Morgan fingerprint density at radius 3 is 2.59 bits per heavy atom. The second kappa shape index (κ2) is 6.85. The number of nitrogens with two attached hydrogens (primary N) is 1. The van der Waals surface area contributed by atoms with Gasteiger partial charge >= 0.3 is 5.97 Å². The van der Waals surface area contributed by atoms with Crippen LogP contribution in [-0.2, 0) is 4.74 Å². The predicted molar refractivity (Wildman–Crippen MR) is 87.7 cm³/mol. The van der Waals surface area contributed by atoms with Crippen molar-refractivity contribution in [1.82, 2.24) is 0 Å². The van der Waals surface area contributed by atoms with Gasteiger partial charge in [-0.05, 0) is 44.2 Å². The van der Waals surface area contributed by atoms with Gasteiger partial charge in [-0.2, -0.15) is 0 Å². The van der Waals surface area contributed by atoms with Crippen LogP contribution in [-0.4, -0.2) is 19.2 Å². The van der Waals surface area contributed by atoms with Crippen molar-refractivity contribution >= 4 is 23.0 Å². The molecule has 0 aliphatic heterocycles. The summed E-state index contributed by atoms with van der Waals surface area (Å²) in [7, 11) is 1.61. The van der Waals surface area contributed by atoms with Gasteiger partial charge in [-0.25, -0.2) is 4.79 Å². The zero-order valence-electron chi connectivity index (χ0n) is 12.9. The Kier molecular flexibility index (Phi) is 4.88. The van der Waals surface area contributed by atoms with Gasteiger partial charge in [-0.3, -0.25) is 0 Å². The first-order chi connectivity index (χ1) is 10.5. The zero-order chi connectivity index (χ0) is 16.1. The van der Waals surface area contributed by atoms with E-state index >= 15 is 0 Å². The van der Waals surface area contributed by atoms with Crippen molar-refractivity contribution in [3.05, 3.63) is 48.0 Å². The van der Waals surface area contributed by atoms with Gasteiger partial charge in [0.15, 0.2) is 0 Å². The molecule has 0 aromatic heterocycles. The molecule has 5 nitrogen and oxygen atoms in total. The lowest BCUT2D eigenvalue weighted by Gasteiger charge is -2.12. The predicted octanol–water partition coefficient (Wildman–Crippen LogP) is 3.59. The van der Waals surface area contributed by atoms with E-state index in [-0.39, 0.29) is 12.1 Å². The molecule has 0 spiro atoms. The van der Waals surface area contributed by atoms with Gasteiger partial charge in [0.1, 0.15) is 5.75 Å². The zero-order valence-corrected chi connectivity index (χ0v) is 12.9. The van der Waals surface area contributed by atoms with E-state index in [2.05, 4.69) is 5.32 Å². The lowest BCUT2D eigenvalue weighted by molar-refractivity contribution is 0.0378. The van der Waals surface area contributed by atoms with Gasteiger partial charge in [0.25, 0.3) is 0 Å². The minimum atomic E-state index is -0.380. The van der Waals surface area contributed by atoms with Crippen molar-refractivity contribution in [2.24, 2.45) is 0 Å². The van der Waals surface area contributed by atoms with Crippen molar-refractivity contribution in [3.63, 3.8) is 0 Å². The molecule has 5 heteroatoms. The van der Waals surface area contributed by atoms with Crippen molar-refractivity contribution in [3.8, 4) is 5.75 Å². The molecule has 0 unspecified atom stereocenters.